The molecule has 1 unspecified atom stereocenters. The van der Waals surface area contributed by atoms with E-state index in [4.69, 9.17) is 16.9 Å². The molecule has 0 saturated carbocycles. The number of hydrogen-bond acceptors (Lipinski definition) is 2. The van der Waals surface area contributed by atoms with Gasteiger partial charge in [0.2, 0.25) is 0 Å². The van der Waals surface area contributed by atoms with Gasteiger partial charge in [0, 0.05) is 5.75 Å². The molecule has 1 atom stereocenters. The molecule has 4 heteroatoms. The predicted molar refractivity (Wildman–Crippen MR) is 36.6 cm³/mol. The Bertz CT molecular complexity index is 79.5. The van der Waals surface area contributed by atoms with Crippen molar-refractivity contribution >= 4 is 39.3 Å². The smallest absolute Gasteiger partial charge is 0.133 e. The van der Waals surface area contributed by atoms with Crippen LogP contribution >= 0.6 is 39.3 Å². The number of alkyl halides is 2. The second kappa shape index (κ2) is 4.76. The SMILES string of the molecule is N#CSCC(Cl)Br. The fourth-order valence-corrected chi connectivity index (χ4v) is 0.886. The van der Waals surface area contributed by atoms with E-state index in [0.717, 1.165) is 11.8 Å². The van der Waals surface area contributed by atoms with Crippen LogP contribution in [0.4, 0.5) is 0 Å². The van der Waals surface area contributed by atoms with E-state index in [1.165, 1.54) is 0 Å². The van der Waals surface area contributed by atoms with Crippen molar-refractivity contribution in [2.75, 3.05) is 5.75 Å². The molecule has 0 saturated heterocycles. The van der Waals surface area contributed by atoms with Crippen molar-refractivity contribution in [1.29, 1.82) is 5.26 Å². The molecule has 1 nitrogen and oxygen atoms in total. The summed E-state index contributed by atoms with van der Waals surface area (Å²) < 4.78 is -0.0721. The lowest BCUT2D eigenvalue weighted by molar-refractivity contribution is 1.46. The van der Waals surface area contributed by atoms with Gasteiger partial charge in [-0.1, -0.05) is 15.9 Å². The van der Waals surface area contributed by atoms with Crippen molar-refractivity contribution in [3.8, 4) is 5.40 Å². The van der Waals surface area contributed by atoms with Crippen LogP contribution in [0.2, 0.25) is 0 Å². The molecule has 0 radical (unpaired) electrons. The second-order valence-corrected chi connectivity index (χ2v) is 3.76. The van der Waals surface area contributed by atoms with Crippen LogP contribution < -0.4 is 0 Å². The van der Waals surface area contributed by atoms with Gasteiger partial charge < -0.3 is 0 Å². The van der Waals surface area contributed by atoms with E-state index in [0.29, 0.717) is 5.75 Å². The lowest BCUT2D eigenvalue weighted by Gasteiger charge is -1.89. The van der Waals surface area contributed by atoms with Crippen LogP contribution in [0.25, 0.3) is 0 Å². The number of halogens is 2. The highest BCUT2D eigenvalue weighted by atomic mass is 79.9. The van der Waals surface area contributed by atoms with E-state index in [9.17, 15) is 0 Å². The Kier molecular flexibility index (Phi) is 5.18. The summed E-state index contributed by atoms with van der Waals surface area (Å²) in [7, 11) is 0. The third-order valence-electron chi connectivity index (χ3n) is 0.274. The van der Waals surface area contributed by atoms with Crippen LogP contribution in [0.1, 0.15) is 0 Å². The van der Waals surface area contributed by atoms with Crippen molar-refractivity contribution in [2.24, 2.45) is 0 Å². The molecule has 40 valence electrons. The van der Waals surface area contributed by atoms with Crippen molar-refractivity contribution in [3.05, 3.63) is 0 Å². The monoisotopic (exact) mass is 199 g/mol. The van der Waals surface area contributed by atoms with Gasteiger partial charge in [-0.05, 0) is 11.8 Å². The first-order valence-electron chi connectivity index (χ1n) is 1.56. The first-order valence-corrected chi connectivity index (χ1v) is 3.90. The quantitative estimate of drug-likeness (QED) is 0.504. The maximum atomic E-state index is 7.95. The highest BCUT2D eigenvalue weighted by Crippen LogP contribution is 2.11. The van der Waals surface area contributed by atoms with Gasteiger partial charge in [-0.2, -0.15) is 5.26 Å². The van der Waals surface area contributed by atoms with Gasteiger partial charge in [0.15, 0.2) is 0 Å². The standard InChI is InChI=1S/C3H3BrClNS/c4-3(5)1-7-2-6/h3H,1H2. The number of nitrogens with zero attached hydrogens (tertiary/aromatic N) is 1. The summed E-state index contributed by atoms with van der Waals surface area (Å²) in [6, 6.07) is 0. The summed E-state index contributed by atoms with van der Waals surface area (Å²) >= 11 is 9.61. The fraction of sp³-hybridized carbons (Fsp3) is 0.667. The van der Waals surface area contributed by atoms with E-state index in [1.807, 2.05) is 5.40 Å². The normalized spacial score (nSPS) is 12.7. The Balaban J connectivity index is 2.86. The van der Waals surface area contributed by atoms with Crippen molar-refractivity contribution in [3.63, 3.8) is 0 Å². The van der Waals surface area contributed by atoms with Gasteiger partial charge in [-0.3, -0.25) is 0 Å². The zero-order valence-electron chi connectivity index (χ0n) is 3.40. The molecule has 0 heterocycles. The molecule has 0 bridgehead atoms. The third kappa shape index (κ3) is 6.61. The molecular formula is C3H3BrClNS. The number of rotatable bonds is 2. The highest BCUT2D eigenvalue weighted by molar-refractivity contribution is 9.10. The number of thioether (sulfide) groups is 1. The lowest BCUT2D eigenvalue weighted by Crippen LogP contribution is -1.85. The Morgan fingerprint density at radius 2 is 2.57 bits per heavy atom. The largest absolute Gasteiger partial charge is 0.185 e. The average Bonchev–Trinajstić information content (AvgIpc) is 1.61. The minimum atomic E-state index is -0.0721. The molecular weight excluding hydrogens is 197 g/mol. The topological polar surface area (TPSA) is 23.8 Å². The zero-order valence-corrected chi connectivity index (χ0v) is 6.55. The highest BCUT2D eigenvalue weighted by Gasteiger charge is 1.94. The minimum Gasteiger partial charge on any atom is -0.185 e. The van der Waals surface area contributed by atoms with Crippen LogP contribution in [-0.2, 0) is 0 Å². The number of thiocyanates is 1. The summed E-state index contributed by atoms with van der Waals surface area (Å²) in [4.78, 5) is 0. The second-order valence-electron chi connectivity index (χ2n) is 0.793. The molecule has 0 aliphatic rings. The van der Waals surface area contributed by atoms with Gasteiger partial charge in [0.1, 0.15) is 5.40 Å². The molecule has 0 aliphatic heterocycles. The average molecular weight is 200 g/mol. The number of hydrogen-bond donors (Lipinski definition) is 0. The molecule has 0 aliphatic carbocycles. The third-order valence-corrected chi connectivity index (χ3v) is 1.99. The molecule has 0 rings (SSSR count). The van der Waals surface area contributed by atoms with E-state index in [1.54, 1.807) is 0 Å². The van der Waals surface area contributed by atoms with Crippen LogP contribution in [0.5, 0.6) is 0 Å². The van der Waals surface area contributed by atoms with Gasteiger partial charge >= 0.3 is 0 Å². The summed E-state index contributed by atoms with van der Waals surface area (Å²) in [5, 5.41) is 9.85. The van der Waals surface area contributed by atoms with Gasteiger partial charge in [-0.15, -0.1) is 11.6 Å². The van der Waals surface area contributed by atoms with Gasteiger partial charge in [0.05, 0.1) is 4.29 Å². The van der Waals surface area contributed by atoms with Crippen LogP contribution in [0, 0.1) is 10.7 Å². The molecule has 0 aromatic rings. The number of nitriles is 1. The summed E-state index contributed by atoms with van der Waals surface area (Å²) in [6.07, 6.45) is 0. The van der Waals surface area contributed by atoms with E-state index < -0.39 is 0 Å². The molecule has 0 fully saturated rings. The first-order chi connectivity index (χ1) is 3.27. The molecule has 0 aromatic carbocycles. The summed E-state index contributed by atoms with van der Waals surface area (Å²) in [5.41, 5.74) is 0. The van der Waals surface area contributed by atoms with Crippen LogP contribution in [0.3, 0.4) is 0 Å². The Labute approximate surface area is 60.2 Å². The Hall–Kier alpha value is 0.610. The summed E-state index contributed by atoms with van der Waals surface area (Å²) in [5.74, 6) is 0.637. The predicted octanol–water partition coefficient (Wildman–Crippen LogP) is 2.16. The van der Waals surface area contributed by atoms with E-state index in [2.05, 4.69) is 15.9 Å². The minimum absolute atomic E-state index is 0.0721. The first kappa shape index (κ1) is 7.61. The maximum absolute atomic E-state index is 7.95. The molecule has 7 heavy (non-hydrogen) atoms. The Morgan fingerprint density at radius 1 is 2.00 bits per heavy atom. The molecule has 0 N–H and O–H groups in total. The Morgan fingerprint density at radius 3 is 2.71 bits per heavy atom. The fourth-order valence-electron chi connectivity index (χ4n) is 0.100. The van der Waals surface area contributed by atoms with Crippen molar-refractivity contribution < 1.29 is 0 Å². The lowest BCUT2D eigenvalue weighted by atomic mass is 11.0. The molecule has 0 aromatic heterocycles. The summed E-state index contributed by atoms with van der Waals surface area (Å²) in [6.45, 7) is 0. The van der Waals surface area contributed by atoms with E-state index in [-0.39, 0.29) is 4.29 Å². The molecule has 0 spiro atoms. The maximum Gasteiger partial charge on any atom is 0.133 e. The van der Waals surface area contributed by atoms with Gasteiger partial charge in [-0.25, -0.2) is 0 Å². The van der Waals surface area contributed by atoms with Crippen LogP contribution in [-0.4, -0.2) is 10.0 Å². The van der Waals surface area contributed by atoms with Gasteiger partial charge in [0.25, 0.3) is 0 Å². The van der Waals surface area contributed by atoms with Crippen molar-refractivity contribution in [2.45, 2.75) is 4.29 Å². The van der Waals surface area contributed by atoms with E-state index >= 15 is 0 Å². The van der Waals surface area contributed by atoms with Crippen LogP contribution in [0.15, 0.2) is 0 Å². The zero-order chi connectivity index (χ0) is 5.70. The molecule has 0 amide bonds. The van der Waals surface area contributed by atoms with Crippen molar-refractivity contribution in [1.82, 2.24) is 0 Å².